The van der Waals surface area contributed by atoms with Gasteiger partial charge in [-0.2, -0.15) is 0 Å². The summed E-state index contributed by atoms with van der Waals surface area (Å²) in [6.07, 6.45) is 0.424. The fraction of sp³-hybridized carbons (Fsp3) is 0.538. The maximum absolute atomic E-state index is 3.37. The molecule has 0 saturated heterocycles. The van der Waals surface area contributed by atoms with Gasteiger partial charge in [-0.3, -0.25) is 0 Å². The average molecular weight is 208 g/mol. The van der Waals surface area contributed by atoms with Crippen LogP contribution in [-0.4, -0.2) is 13.2 Å². The molecule has 2 heteroatoms. The van der Waals surface area contributed by atoms with Crippen LogP contribution in [0.2, 0.25) is 0 Å². The van der Waals surface area contributed by atoms with Crippen molar-refractivity contribution >= 4 is 11.4 Å². The number of benzene rings is 1. The summed E-state index contributed by atoms with van der Waals surface area (Å²) < 4.78 is 0. The third-order valence-electron chi connectivity index (χ3n) is 2.23. The van der Waals surface area contributed by atoms with Crippen molar-refractivity contribution in [2.24, 2.45) is 0 Å². The van der Waals surface area contributed by atoms with Crippen molar-refractivity contribution in [2.75, 3.05) is 17.3 Å². The zero-order valence-corrected chi connectivity index (χ0v) is 10.8. The average Bonchev–Trinajstić information content (AvgIpc) is 2.61. The zero-order chi connectivity index (χ0) is 11.8. The van der Waals surface area contributed by atoms with E-state index in [0.717, 1.165) is 0 Å². The third-order valence-corrected chi connectivity index (χ3v) is 2.23. The van der Waals surface area contributed by atoms with Crippen LogP contribution in [0, 0.1) is 0 Å². The maximum atomic E-state index is 3.37. The number of hydrogen-bond donors (Lipinski definition) is 1. The second kappa shape index (κ2) is 7.16. The Morgan fingerprint density at radius 1 is 1.07 bits per heavy atom. The highest BCUT2D eigenvalue weighted by atomic mass is 15.3. The normalized spacial score (nSPS) is 16.4. The molecule has 0 spiro atoms. The smallest absolute Gasteiger partial charge is 0.0959 e. The lowest BCUT2D eigenvalue weighted by Crippen LogP contribution is -2.28. The number of nitrogens with one attached hydrogen (secondary N) is 1. The molecule has 1 aliphatic rings. The van der Waals surface area contributed by atoms with Gasteiger partial charge in [0.05, 0.1) is 17.5 Å². The molecule has 1 N–H and O–H groups in total. The van der Waals surface area contributed by atoms with E-state index in [1.165, 1.54) is 11.4 Å². The molecular weight excluding hydrogens is 184 g/mol. The molecule has 1 aromatic carbocycles. The van der Waals surface area contributed by atoms with Gasteiger partial charge in [0.15, 0.2) is 0 Å². The SMILES string of the molecule is CC.CC.CC1Nc2ccccc2N1C. The minimum Gasteiger partial charge on any atom is -0.364 e. The molecule has 1 unspecified atom stereocenters. The Morgan fingerprint density at radius 3 is 2.13 bits per heavy atom. The lowest BCUT2D eigenvalue weighted by atomic mass is 10.3. The van der Waals surface area contributed by atoms with E-state index >= 15 is 0 Å². The minimum atomic E-state index is 0.424. The van der Waals surface area contributed by atoms with Crippen LogP contribution in [0.1, 0.15) is 34.6 Å². The number of fused-ring (bicyclic) bond motifs is 1. The number of hydrogen-bond acceptors (Lipinski definition) is 2. The largest absolute Gasteiger partial charge is 0.364 e. The van der Waals surface area contributed by atoms with Crippen LogP contribution in [0.5, 0.6) is 0 Å². The molecule has 15 heavy (non-hydrogen) atoms. The Morgan fingerprint density at radius 2 is 1.60 bits per heavy atom. The maximum Gasteiger partial charge on any atom is 0.0959 e. The van der Waals surface area contributed by atoms with E-state index in [2.05, 4.69) is 48.5 Å². The van der Waals surface area contributed by atoms with Crippen LogP contribution in [0.3, 0.4) is 0 Å². The molecule has 1 atom stereocenters. The van der Waals surface area contributed by atoms with Gasteiger partial charge in [0.2, 0.25) is 0 Å². The Bertz CT molecular complexity index is 271. The monoisotopic (exact) mass is 208 g/mol. The minimum absolute atomic E-state index is 0.424. The third kappa shape index (κ3) is 3.15. The van der Waals surface area contributed by atoms with E-state index in [9.17, 15) is 0 Å². The number of para-hydroxylation sites is 2. The molecule has 0 fully saturated rings. The summed E-state index contributed by atoms with van der Waals surface area (Å²) in [5.41, 5.74) is 2.53. The van der Waals surface area contributed by atoms with Crippen molar-refractivity contribution < 1.29 is 0 Å². The van der Waals surface area contributed by atoms with Crippen molar-refractivity contribution in [3.05, 3.63) is 24.3 Å². The summed E-state index contributed by atoms with van der Waals surface area (Å²) in [7, 11) is 2.10. The first-order chi connectivity index (χ1) is 7.29. The Labute approximate surface area is 94.3 Å². The standard InChI is InChI=1S/C9H12N2.2C2H6/c1-7-10-8-5-3-4-6-9(8)11(7)2;2*1-2/h3-7,10H,1-2H3;2*1-2H3. The van der Waals surface area contributed by atoms with Gasteiger partial charge in [-0.1, -0.05) is 39.8 Å². The molecule has 0 saturated carbocycles. The summed E-state index contributed by atoms with van der Waals surface area (Å²) in [6, 6.07) is 8.36. The van der Waals surface area contributed by atoms with Gasteiger partial charge < -0.3 is 10.2 Å². The summed E-state index contributed by atoms with van der Waals surface area (Å²) in [4.78, 5) is 2.23. The number of nitrogens with zero attached hydrogens (tertiary/aromatic N) is 1. The van der Waals surface area contributed by atoms with Crippen LogP contribution in [-0.2, 0) is 0 Å². The van der Waals surface area contributed by atoms with Crippen LogP contribution >= 0.6 is 0 Å². The Kier molecular flexibility index (Phi) is 6.59. The molecule has 2 nitrogen and oxygen atoms in total. The molecule has 0 aromatic heterocycles. The van der Waals surface area contributed by atoms with Gasteiger partial charge in [0.25, 0.3) is 0 Å². The first kappa shape index (κ1) is 13.8. The lowest BCUT2D eigenvalue weighted by molar-refractivity contribution is 0.806. The molecular formula is C13H24N2. The number of anilines is 2. The van der Waals surface area contributed by atoms with Crippen molar-refractivity contribution in [3.8, 4) is 0 Å². The molecule has 1 aromatic rings. The van der Waals surface area contributed by atoms with Crippen LogP contribution in [0.25, 0.3) is 0 Å². The van der Waals surface area contributed by atoms with Gasteiger partial charge in [-0.25, -0.2) is 0 Å². The van der Waals surface area contributed by atoms with Gasteiger partial charge in [0, 0.05) is 7.05 Å². The van der Waals surface area contributed by atoms with Crippen molar-refractivity contribution in [2.45, 2.75) is 40.8 Å². The van der Waals surface area contributed by atoms with E-state index in [1.54, 1.807) is 0 Å². The van der Waals surface area contributed by atoms with Crippen molar-refractivity contribution in [3.63, 3.8) is 0 Å². The molecule has 0 radical (unpaired) electrons. The van der Waals surface area contributed by atoms with Gasteiger partial charge in [-0.15, -0.1) is 0 Å². The van der Waals surface area contributed by atoms with Gasteiger partial charge in [-0.05, 0) is 19.1 Å². The zero-order valence-electron chi connectivity index (χ0n) is 10.8. The fourth-order valence-corrected chi connectivity index (χ4v) is 1.43. The van der Waals surface area contributed by atoms with Crippen LogP contribution < -0.4 is 10.2 Å². The fourth-order valence-electron chi connectivity index (χ4n) is 1.43. The van der Waals surface area contributed by atoms with E-state index < -0.39 is 0 Å². The molecule has 0 aliphatic carbocycles. The number of rotatable bonds is 0. The second-order valence-electron chi connectivity index (χ2n) is 2.95. The van der Waals surface area contributed by atoms with E-state index in [4.69, 9.17) is 0 Å². The first-order valence-electron chi connectivity index (χ1n) is 5.87. The molecule has 1 aliphatic heterocycles. The quantitative estimate of drug-likeness (QED) is 0.694. The first-order valence-corrected chi connectivity index (χ1v) is 5.87. The summed E-state index contributed by atoms with van der Waals surface area (Å²) >= 11 is 0. The lowest BCUT2D eigenvalue weighted by Gasteiger charge is -2.16. The highest BCUT2D eigenvalue weighted by molar-refractivity contribution is 5.75. The van der Waals surface area contributed by atoms with Gasteiger partial charge >= 0.3 is 0 Å². The van der Waals surface area contributed by atoms with Crippen LogP contribution in [0.4, 0.5) is 11.4 Å². The van der Waals surface area contributed by atoms with Crippen molar-refractivity contribution in [1.29, 1.82) is 0 Å². The van der Waals surface area contributed by atoms with E-state index in [-0.39, 0.29) is 0 Å². The van der Waals surface area contributed by atoms with Crippen LogP contribution in [0.15, 0.2) is 24.3 Å². The Balaban J connectivity index is 0.000000442. The summed E-state index contributed by atoms with van der Waals surface area (Å²) in [6.45, 7) is 10.2. The highest BCUT2D eigenvalue weighted by Gasteiger charge is 2.19. The second-order valence-corrected chi connectivity index (χ2v) is 2.95. The van der Waals surface area contributed by atoms with E-state index in [0.29, 0.717) is 6.17 Å². The Hall–Kier alpha value is -1.18. The molecule has 1 heterocycles. The highest BCUT2D eigenvalue weighted by Crippen LogP contribution is 2.32. The summed E-state index contributed by atoms with van der Waals surface area (Å²) in [5, 5.41) is 3.37. The molecule has 2 rings (SSSR count). The molecule has 86 valence electrons. The summed E-state index contributed by atoms with van der Waals surface area (Å²) in [5.74, 6) is 0. The van der Waals surface area contributed by atoms with Gasteiger partial charge in [0.1, 0.15) is 0 Å². The topological polar surface area (TPSA) is 15.3 Å². The van der Waals surface area contributed by atoms with Crippen molar-refractivity contribution in [1.82, 2.24) is 0 Å². The molecule has 0 bridgehead atoms. The predicted molar refractivity (Wildman–Crippen MR) is 70.6 cm³/mol. The molecule has 0 amide bonds. The van der Waals surface area contributed by atoms with E-state index in [1.807, 2.05) is 27.7 Å². The predicted octanol–water partition coefficient (Wildman–Crippen LogP) is 3.95.